The maximum Gasteiger partial charge on any atom is 0.238 e. The number of carbonyl (C=O) groups is 1. The van der Waals surface area contributed by atoms with Crippen molar-refractivity contribution in [2.24, 2.45) is 0 Å². The Labute approximate surface area is 241 Å². The lowest BCUT2D eigenvalue weighted by Gasteiger charge is -2.27. The minimum atomic E-state index is -0.610. The van der Waals surface area contributed by atoms with Crippen LogP contribution in [0.15, 0.2) is 65.6 Å². The third-order valence-corrected chi connectivity index (χ3v) is 9.04. The van der Waals surface area contributed by atoms with Gasteiger partial charge in [0.25, 0.3) is 0 Å². The van der Waals surface area contributed by atoms with Gasteiger partial charge in [0.15, 0.2) is 0 Å². The van der Waals surface area contributed by atoms with Crippen LogP contribution in [0, 0.1) is 0 Å². The first kappa shape index (κ1) is 28.2. The van der Waals surface area contributed by atoms with E-state index in [1.807, 2.05) is 53.4 Å². The zero-order valence-electron chi connectivity index (χ0n) is 23.8. The second-order valence-electron chi connectivity index (χ2n) is 10.3. The first-order valence-electron chi connectivity index (χ1n) is 14.1. The molecule has 212 valence electrons. The third kappa shape index (κ3) is 5.47. The van der Waals surface area contributed by atoms with Crippen LogP contribution in [0.4, 0.5) is 11.4 Å². The minimum Gasteiger partial charge on any atom is -0.497 e. The standard InChI is InChI=1S/C32H39N3O4S/c1-5-32(6-2)26-19-23(34-40-29-10-8-7-9-27(29)38-4)20-28(39-25-15-17-33-18-16-25)30(26)35(31(32)36)21-22-11-13-24(37-3)14-12-22/h7-14,19-20,25,33-34H,5-6,15-18,21H2,1-4H3. The topological polar surface area (TPSA) is 72.1 Å². The van der Waals surface area contributed by atoms with Gasteiger partial charge >= 0.3 is 0 Å². The smallest absolute Gasteiger partial charge is 0.238 e. The summed E-state index contributed by atoms with van der Waals surface area (Å²) in [6.07, 6.45) is 3.39. The summed E-state index contributed by atoms with van der Waals surface area (Å²) >= 11 is 1.50. The quantitative estimate of drug-likeness (QED) is 0.257. The Morgan fingerprint density at radius 1 is 0.975 bits per heavy atom. The second-order valence-corrected chi connectivity index (χ2v) is 11.2. The van der Waals surface area contributed by atoms with Gasteiger partial charge in [-0.1, -0.05) is 38.1 Å². The van der Waals surface area contributed by atoms with Gasteiger partial charge in [0, 0.05) is 11.8 Å². The molecule has 8 heteroatoms. The summed E-state index contributed by atoms with van der Waals surface area (Å²) in [5, 5.41) is 3.42. The van der Waals surface area contributed by atoms with Gasteiger partial charge < -0.3 is 29.1 Å². The summed E-state index contributed by atoms with van der Waals surface area (Å²) in [5.74, 6) is 2.50. The van der Waals surface area contributed by atoms with Gasteiger partial charge in [0.1, 0.15) is 23.4 Å². The predicted octanol–water partition coefficient (Wildman–Crippen LogP) is 6.56. The van der Waals surface area contributed by atoms with E-state index >= 15 is 0 Å². The Hall–Kier alpha value is -3.36. The number of nitrogens with one attached hydrogen (secondary N) is 2. The van der Waals surface area contributed by atoms with Crippen molar-refractivity contribution in [2.45, 2.75) is 62.5 Å². The molecule has 0 bridgehead atoms. The lowest BCUT2D eigenvalue weighted by Crippen LogP contribution is -2.39. The molecule has 2 N–H and O–H groups in total. The van der Waals surface area contributed by atoms with Gasteiger partial charge in [0.05, 0.1) is 36.8 Å². The van der Waals surface area contributed by atoms with Crippen molar-refractivity contribution < 1.29 is 19.0 Å². The molecule has 0 aliphatic carbocycles. The zero-order valence-corrected chi connectivity index (χ0v) is 24.6. The highest BCUT2D eigenvalue weighted by Crippen LogP contribution is 2.53. The summed E-state index contributed by atoms with van der Waals surface area (Å²) in [6, 6.07) is 20.1. The lowest BCUT2D eigenvalue weighted by atomic mass is 9.76. The molecule has 2 aliphatic heterocycles. The molecule has 0 saturated carbocycles. The molecule has 0 aromatic heterocycles. The average molecular weight is 562 g/mol. The van der Waals surface area contributed by atoms with Crippen LogP contribution in [-0.2, 0) is 16.8 Å². The molecule has 3 aromatic carbocycles. The number of hydrogen-bond acceptors (Lipinski definition) is 7. The van der Waals surface area contributed by atoms with E-state index in [1.54, 1.807) is 14.2 Å². The summed E-state index contributed by atoms with van der Waals surface area (Å²) in [5.41, 5.74) is 3.27. The molecule has 0 spiro atoms. The molecule has 7 nitrogen and oxygen atoms in total. The van der Waals surface area contributed by atoms with E-state index in [4.69, 9.17) is 14.2 Å². The van der Waals surface area contributed by atoms with Crippen molar-refractivity contribution in [2.75, 3.05) is 36.9 Å². The van der Waals surface area contributed by atoms with Crippen LogP contribution in [0.1, 0.15) is 50.7 Å². The second kappa shape index (κ2) is 12.4. The molecule has 0 unspecified atom stereocenters. The van der Waals surface area contributed by atoms with Crippen molar-refractivity contribution in [3.8, 4) is 17.2 Å². The third-order valence-electron chi connectivity index (χ3n) is 8.15. The monoisotopic (exact) mass is 561 g/mol. The molecule has 40 heavy (non-hydrogen) atoms. The van der Waals surface area contributed by atoms with Crippen LogP contribution in [0.2, 0.25) is 0 Å². The number of amides is 1. The van der Waals surface area contributed by atoms with Crippen molar-refractivity contribution in [3.05, 3.63) is 71.8 Å². The number of methoxy groups -OCH3 is 2. The average Bonchev–Trinajstić information content (AvgIpc) is 3.24. The van der Waals surface area contributed by atoms with Gasteiger partial charge in [-0.3, -0.25) is 4.79 Å². The maximum absolute atomic E-state index is 14.3. The molecule has 0 atom stereocenters. The van der Waals surface area contributed by atoms with Gasteiger partial charge in [-0.05, 0) is 92.2 Å². The Morgan fingerprint density at radius 3 is 2.38 bits per heavy atom. The van der Waals surface area contributed by atoms with Gasteiger partial charge in [-0.25, -0.2) is 0 Å². The Balaban J connectivity index is 1.56. The van der Waals surface area contributed by atoms with Crippen molar-refractivity contribution in [1.82, 2.24) is 5.32 Å². The first-order valence-corrected chi connectivity index (χ1v) is 14.9. The minimum absolute atomic E-state index is 0.0960. The van der Waals surface area contributed by atoms with E-state index in [2.05, 4.69) is 36.0 Å². The number of anilines is 2. The van der Waals surface area contributed by atoms with Gasteiger partial charge in [-0.2, -0.15) is 0 Å². The molecule has 5 rings (SSSR count). The predicted molar refractivity (Wildman–Crippen MR) is 162 cm³/mol. The fraction of sp³-hybridized carbons (Fsp3) is 0.406. The van der Waals surface area contributed by atoms with Gasteiger partial charge in [0.2, 0.25) is 5.91 Å². The zero-order chi connectivity index (χ0) is 28.1. The van der Waals surface area contributed by atoms with Crippen LogP contribution in [0.3, 0.4) is 0 Å². The number of nitrogens with zero attached hydrogens (tertiary/aromatic N) is 1. The fourth-order valence-corrected chi connectivity index (χ4v) is 6.53. The number of carbonyl (C=O) groups excluding carboxylic acids is 1. The summed E-state index contributed by atoms with van der Waals surface area (Å²) < 4.78 is 21.2. The van der Waals surface area contributed by atoms with Crippen LogP contribution < -0.4 is 29.1 Å². The summed E-state index contributed by atoms with van der Waals surface area (Å²) in [6.45, 7) is 6.55. The van der Waals surface area contributed by atoms with Crippen LogP contribution in [-0.4, -0.2) is 39.3 Å². The van der Waals surface area contributed by atoms with E-state index in [0.717, 1.165) is 70.6 Å². The number of benzene rings is 3. The Bertz CT molecular complexity index is 1320. The van der Waals surface area contributed by atoms with Crippen LogP contribution >= 0.6 is 11.9 Å². The number of rotatable bonds is 11. The highest BCUT2D eigenvalue weighted by Gasteiger charge is 2.50. The van der Waals surface area contributed by atoms with Gasteiger partial charge in [-0.15, -0.1) is 0 Å². The molecule has 2 aliphatic rings. The van der Waals surface area contributed by atoms with Crippen molar-refractivity contribution in [1.29, 1.82) is 0 Å². The fourth-order valence-electron chi connectivity index (χ4n) is 5.78. The number of fused-ring (bicyclic) bond motifs is 1. The van der Waals surface area contributed by atoms with E-state index in [9.17, 15) is 4.79 Å². The molecule has 3 aromatic rings. The van der Waals surface area contributed by atoms with E-state index in [1.165, 1.54) is 11.9 Å². The highest BCUT2D eigenvalue weighted by molar-refractivity contribution is 8.00. The number of para-hydroxylation sites is 1. The molecule has 1 fully saturated rings. The van der Waals surface area contributed by atoms with E-state index in [-0.39, 0.29) is 12.0 Å². The normalized spacial score (nSPS) is 16.5. The van der Waals surface area contributed by atoms with E-state index < -0.39 is 5.41 Å². The largest absolute Gasteiger partial charge is 0.497 e. The van der Waals surface area contributed by atoms with Crippen LogP contribution in [0.5, 0.6) is 17.2 Å². The maximum atomic E-state index is 14.3. The number of piperidine rings is 1. The molecular formula is C32H39N3O4S. The molecule has 0 radical (unpaired) electrons. The SMILES string of the molecule is CCC1(CC)C(=O)N(Cc2ccc(OC)cc2)c2c(OC3CCNCC3)cc(NSc3ccccc3OC)cc21. The Morgan fingerprint density at radius 2 is 1.70 bits per heavy atom. The molecule has 1 amide bonds. The molecule has 1 saturated heterocycles. The van der Waals surface area contributed by atoms with E-state index in [0.29, 0.717) is 19.4 Å². The number of hydrogen-bond donors (Lipinski definition) is 2. The highest BCUT2D eigenvalue weighted by atomic mass is 32.2. The molecular weight excluding hydrogens is 522 g/mol. The summed E-state index contributed by atoms with van der Waals surface area (Å²) in [4.78, 5) is 17.2. The lowest BCUT2D eigenvalue weighted by molar-refractivity contribution is -0.123. The Kier molecular flexibility index (Phi) is 8.76. The van der Waals surface area contributed by atoms with Crippen LogP contribution in [0.25, 0.3) is 0 Å². The molecule has 2 heterocycles. The van der Waals surface area contributed by atoms with Crippen molar-refractivity contribution in [3.63, 3.8) is 0 Å². The first-order chi connectivity index (χ1) is 19.5. The summed E-state index contributed by atoms with van der Waals surface area (Å²) in [7, 11) is 3.34. The number of ether oxygens (including phenoxy) is 3. The van der Waals surface area contributed by atoms with Crippen molar-refractivity contribution >= 4 is 29.2 Å².